The van der Waals surface area contributed by atoms with Crippen LogP contribution in [0.3, 0.4) is 0 Å². The highest BCUT2D eigenvalue weighted by molar-refractivity contribution is 6.31. The van der Waals surface area contributed by atoms with Crippen LogP contribution < -0.4 is 0 Å². The Kier molecular flexibility index (Phi) is 3.92. The third kappa shape index (κ3) is 2.52. The highest BCUT2D eigenvalue weighted by Crippen LogP contribution is 2.25. The summed E-state index contributed by atoms with van der Waals surface area (Å²) in [5.74, 6) is -0.952. The third-order valence-corrected chi connectivity index (χ3v) is 3.94. The summed E-state index contributed by atoms with van der Waals surface area (Å²) >= 11 is 6.24. The fourth-order valence-corrected chi connectivity index (χ4v) is 2.60. The number of rotatable bonds is 4. The van der Waals surface area contributed by atoms with Crippen molar-refractivity contribution in [2.75, 3.05) is 13.1 Å². The van der Waals surface area contributed by atoms with Gasteiger partial charge in [-0.3, -0.25) is 14.4 Å². The quantitative estimate of drug-likeness (QED) is 0.907. The summed E-state index contributed by atoms with van der Waals surface area (Å²) in [6.45, 7) is 6.77. The molecule has 1 N–H and O–H groups in total. The fourth-order valence-electron chi connectivity index (χ4n) is 2.41. The van der Waals surface area contributed by atoms with Gasteiger partial charge in [-0.15, -0.1) is 0 Å². The van der Waals surface area contributed by atoms with E-state index >= 15 is 0 Å². The number of aryl methyl sites for hydroxylation is 2. The Morgan fingerprint density at radius 3 is 2.89 bits per heavy atom. The Balaban J connectivity index is 2.09. The van der Waals surface area contributed by atoms with Gasteiger partial charge >= 0.3 is 5.97 Å². The molecule has 1 unspecified atom stereocenters. The molecule has 1 aliphatic rings. The summed E-state index contributed by atoms with van der Waals surface area (Å²) in [6, 6.07) is 0. The summed E-state index contributed by atoms with van der Waals surface area (Å²) in [6.07, 6.45) is 0.714. The molecule has 2 rings (SSSR count). The van der Waals surface area contributed by atoms with Crippen molar-refractivity contribution in [1.82, 2.24) is 14.7 Å². The molecule has 0 radical (unpaired) electrons. The average Bonchev–Trinajstić information content (AvgIpc) is 2.89. The molecule has 0 bridgehead atoms. The lowest BCUT2D eigenvalue weighted by molar-refractivity contribution is -0.141. The van der Waals surface area contributed by atoms with Crippen molar-refractivity contribution >= 4 is 17.6 Å². The van der Waals surface area contributed by atoms with Crippen molar-refractivity contribution in [2.45, 2.75) is 33.4 Å². The molecule has 1 aromatic rings. The van der Waals surface area contributed by atoms with Gasteiger partial charge in [-0.25, -0.2) is 0 Å². The van der Waals surface area contributed by atoms with Crippen LogP contribution in [-0.2, 0) is 17.9 Å². The first-order valence-corrected chi connectivity index (χ1v) is 6.57. The van der Waals surface area contributed by atoms with Gasteiger partial charge in [0.1, 0.15) is 0 Å². The number of carboxylic acid groups (broad SMARTS) is 1. The molecule has 2 heterocycles. The van der Waals surface area contributed by atoms with Crippen molar-refractivity contribution in [3.8, 4) is 0 Å². The zero-order chi connectivity index (χ0) is 13.3. The van der Waals surface area contributed by atoms with Crippen molar-refractivity contribution in [3.63, 3.8) is 0 Å². The predicted molar refractivity (Wildman–Crippen MR) is 68.7 cm³/mol. The van der Waals surface area contributed by atoms with Crippen LogP contribution in [0.15, 0.2) is 0 Å². The van der Waals surface area contributed by atoms with E-state index in [-0.39, 0.29) is 5.92 Å². The Hall–Kier alpha value is -1.07. The summed E-state index contributed by atoms with van der Waals surface area (Å²) in [5, 5.41) is 14.1. The van der Waals surface area contributed by atoms with E-state index in [9.17, 15) is 4.79 Å². The molecule has 0 amide bonds. The molecule has 0 aromatic carbocycles. The number of likely N-dealkylation sites (tertiary alicyclic amines) is 1. The maximum absolute atomic E-state index is 10.9. The van der Waals surface area contributed by atoms with Crippen molar-refractivity contribution in [2.24, 2.45) is 5.92 Å². The first kappa shape index (κ1) is 13.4. The lowest BCUT2D eigenvalue weighted by Crippen LogP contribution is -2.24. The van der Waals surface area contributed by atoms with Gasteiger partial charge in [-0.1, -0.05) is 11.6 Å². The van der Waals surface area contributed by atoms with Crippen LogP contribution in [0.2, 0.25) is 5.02 Å². The highest BCUT2D eigenvalue weighted by Gasteiger charge is 2.29. The Bertz CT molecular complexity index is 458. The molecule has 5 nitrogen and oxygen atoms in total. The average molecular weight is 272 g/mol. The van der Waals surface area contributed by atoms with Crippen LogP contribution in [0, 0.1) is 12.8 Å². The summed E-state index contributed by atoms with van der Waals surface area (Å²) in [7, 11) is 0. The van der Waals surface area contributed by atoms with Gasteiger partial charge < -0.3 is 5.11 Å². The van der Waals surface area contributed by atoms with Crippen LogP contribution in [0.4, 0.5) is 0 Å². The van der Waals surface area contributed by atoms with Crippen LogP contribution in [-0.4, -0.2) is 38.8 Å². The lowest BCUT2D eigenvalue weighted by atomic mass is 10.1. The van der Waals surface area contributed by atoms with E-state index in [4.69, 9.17) is 16.7 Å². The molecule has 1 fully saturated rings. The van der Waals surface area contributed by atoms with Crippen LogP contribution in [0.1, 0.15) is 24.7 Å². The second-order valence-corrected chi connectivity index (χ2v) is 5.10. The lowest BCUT2D eigenvalue weighted by Gasteiger charge is -2.16. The molecule has 100 valence electrons. The van der Waals surface area contributed by atoms with E-state index in [1.807, 2.05) is 18.5 Å². The smallest absolute Gasteiger partial charge is 0.307 e. The van der Waals surface area contributed by atoms with E-state index < -0.39 is 5.97 Å². The van der Waals surface area contributed by atoms with E-state index in [2.05, 4.69) is 10.00 Å². The maximum Gasteiger partial charge on any atom is 0.307 e. The summed E-state index contributed by atoms with van der Waals surface area (Å²) < 4.78 is 1.89. The molecule has 0 spiro atoms. The normalized spacial score (nSPS) is 20.5. The number of nitrogens with zero attached hydrogens (tertiary/aromatic N) is 3. The fraction of sp³-hybridized carbons (Fsp3) is 0.667. The van der Waals surface area contributed by atoms with Gasteiger partial charge in [-0.05, 0) is 26.8 Å². The summed E-state index contributed by atoms with van der Waals surface area (Å²) in [5.41, 5.74) is 1.82. The van der Waals surface area contributed by atoms with Gasteiger partial charge in [0, 0.05) is 19.6 Å². The molecule has 0 aliphatic carbocycles. The maximum atomic E-state index is 10.9. The van der Waals surface area contributed by atoms with Gasteiger partial charge in [0.25, 0.3) is 0 Å². The van der Waals surface area contributed by atoms with Crippen molar-refractivity contribution in [1.29, 1.82) is 0 Å². The minimum absolute atomic E-state index is 0.247. The van der Waals surface area contributed by atoms with Gasteiger partial charge in [0.2, 0.25) is 0 Å². The molecule has 1 atom stereocenters. The number of carbonyl (C=O) groups is 1. The number of aromatic nitrogens is 2. The minimum Gasteiger partial charge on any atom is -0.481 e. The standard InChI is InChI=1S/C12H18ClN3O2/c1-3-16-10(11(13)8(2)14-16)7-15-5-4-9(6-15)12(17)18/h9H,3-7H2,1-2H3,(H,17,18). The SMILES string of the molecule is CCn1nc(C)c(Cl)c1CN1CCC(C(=O)O)C1. The first-order valence-electron chi connectivity index (χ1n) is 6.19. The highest BCUT2D eigenvalue weighted by atomic mass is 35.5. The number of carboxylic acids is 1. The van der Waals surface area contributed by atoms with Crippen molar-refractivity contribution in [3.05, 3.63) is 16.4 Å². The first-order chi connectivity index (χ1) is 8.52. The van der Waals surface area contributed by atoms with Crippen molar-refractivity contribution < 1.29 is 9.90 Å². The molecular weight excluding hydrogens is 254 g/mol. The van der Waals surface area contributed by atoms with E-state index in [1.54, 1.807) is 0 Å². The number of halogens is 1. The van der Waals surface area contributed by atoms with Gasteiger partial charge in [0.05, 0.1) is 22.3 Å². The van der Waals surface area contributed by atoms with Gasteiger partial charge in [0.15, 0.2) is 0 Å². The van der Waals surface area contributed by atoms with Gasteiger partial charge in [-0.2, -0.15) is 5.10 Å². The number of aliphatic carboxylic acids is 1. The number of hydrogen-bond acceptors (Lipinski definition) is 3. The van der Waals surface area contributed by atoms with E-state index in [0.29, 0.717) is 24.5 Å². The molecule has 0 saturated carbocycles. The second-order valence-electron chi connectivity index (χ2n) is 4.72. The van der Waals surface area contributed by atoms with E-state index in [1.165, 1.54) is 0 Å². The molecular formula is C12H18ClN3O2. The largest absolute Gasteiger partial charge is 0.481 e. The monoisotopic (exact) mass is 271 g/mol. The zero-order valence-corrected chi connectivity index (χ0v) is 11.4. The number of hydrogen-bond donors (Lipinski definition) is 1. The Morgan fingerprint density at radius 2 is 2.33 bits per heavy atom. The Morgan fingerprint density at radius 1 is 1.61 bits per heavy atom. The van der Waals surface area contributed by atoms with Crippen LogP contribution in [0.5, 0.6) is 0 Å². The van der Waals surface area contributed by atoms with Crippen LogP contribution in [0.25, 0.3) is 0 Å². The molecule has 6 heteroatoms. The topological polar surface area (TPSA) is 58.4 Å². The predicted octanol–water partition coefficient (Wildman–Crippen LogP) is 1.77. The molecule has 1 saturated heterocycles. The second kappa shape index (κ2) is 5.28. The molecule has 1 aliphatic heterocycles. The molecule has 1 aromatic heterocycles. The minimum atomic E-state index is -0.705. The third-order valence-electron chi connectivity index (χ3n) is 3.45. The van der Waals surface area contributed by atoms with E-state index in [0.717, 1.165) is 24.5 Å². The molecule has 18 heavy (non-hydrogen) atoms. The zero-order valence-electron chi connectivity index (χ0n) is 10.7. The van der Waals surface area contributed by atoms with Crippen LogP contribution >= 0.6 is 11.6 Å². The summed E-state index contributed by atoms with van der Waals surface area (Å²) in [4.78, 5) is 13.1. The Labute approximate surface area is 111 Å².